The fraction of sp³-hybridized carbons (Fsp3) is 0.947. The first-order chi connectivity index (χ1) is 9.93. The first kappa shape index (κ1) is 15.5. The number of Topliss-reactive ketones (excluding diaryl/α,β-unsaturated/α-hetero) is 1. The quantitative estimate of drug-likeness (QED) is 0.733. The molecule has 3 aliphatic rings. The third-order valence-electron chi connectivity index (χ3n) is 6.84. The molecule has 0 aromatic rings. The van der Waals surface area contributed by atoms with Crippen LogP contribution in [0.1, 0.15) is 78.6 Å². The summed E-state index contributed by atoms with van der Waals surface area (Å²) in [6, 6.07) is 0. The van der Waals surface area contributed by atoms with Crippen LogP contribution in [0.5, 0.6) is 0 Å². The van der Waals surface area contributed by atoms with Gasteiger partial charge in [0.05, 0.1) is 5.60 Å². The molecular formula is C19H32O2. The molecule has 2 heteroatoms. The van der Waals surface area contributed by atoms with Crippen molar-refractivity contribution >= 4 is 5.78 Å². The second kappa shape index (κ2) is 5.68. The monoisotopic (exact) mass is 292 g/mol. The standard InChI is InChI=1S/C19H32O2/c1-14-6-7-16(17(20)12-14)18(2,3)15-8-11-21-19(13-15)9-4-5-10-19/h14-16H,4-13H2,1-3H3. The molecule has 1 aliphatic heterocycles. The molecule has 21 heavy (non-hydrogen) atoms. The van der Waals surface area contributed by atoms with Crippen LogP contribution in [-0.2, 0) is 9.53 Å². The molecule has 1 heterocycles. The molecule has 3 rings (SSSR count). The normalized spacial score (nSPS) is 37.1. The molecule has 120 valence electrons. The van der Waals surface area contributed by atoms with Crippen LogP contribution in [0.3, 0.4) is 0 Å². The van der Waals surface area contributed by atoms with Crippen LogP contribution in [-0.4, -0.2) is 18.0 Å². The lowest BCUT2D eigenvalue weighted by Crippen LogP contribution is -2.47. The highest BCUT2D eigenvalue weighted by Crippen LogP contribution is 2.51. The van der Waals surface area contributed by atoms with Crippen molar-refractivity contribution in [2.75, 3.05) is 6.61 Å². The Bertz CT molecular complexity index is 392. The summed E-state index contributed by atoms with van der Waals surface area (Å²) in [7, 11) is 0. The molecule has 0 N–H and O–H groups in total. The summed E-state index contributed by atoms with van der Waals surface area (Å²) in [5, 5.41) is 0. The Kier molecular flexibility index (Phi) is 4.20. The Morgan fingerprint density at radius 1 is 1.14 bits per heavy atom. The minimum atomic E-state index is 0.149. The highest BCUT2D eigenvalue weighted by molar-refractivity contribution is 5.82. The largest absolute Gasteiger partial charge is 0.375 e. The van der Waals surface area contributed by atoms with E-state index in [9.17, 15) is 4.79 Å². The maximum absolute atomic E-state index is 12.6. The number of ether oxygens (including phenoxy) is 1. The number of rotatable bonds is 2. The molecule has 3 fully saturated rings. The summed E-state index contributed by atoms with van der Waals surface area (Å²) in [5.41, 5.74) is 0.321. The molecule has 1 saturated heterocycles. The lowest BCUT2D eigenvalue weighted by molar-refractivity contribution is -0.142. The van der Waals surface area contributed by atoms with E-state index in [1.54, 1.807) is 0 Å². The fourth-order valence-corrected chi connectivity index (χ4v) is 5.30. The highest BCUT2D eigenvalue weighted by Gasteiger charge is 2.48. The van der Waals surface area contributed by atoms with E-state index in [0.29, 0.717) is 17.6 Å². The number of hydrogen-bond acceptors (Lipinski definition) is 2. The second-order valence-corrected chi connectivity index (χ2v) is 8.66. The Labute approximate surface area is 130 Å². The molecule has 2 nitrogen and oxygen atoms in total. The molecule has 2 aliphatic carbocycles. The van der Waals surface area contributed by atoms with Crippen LogP contribution in [0.25, 0.3) is 0 Å². The van der Waals surface area contributed by atoms with E-state index in [0.717, 1.165) is 25.9 Å². The summed E-state index contributed by atoms with van der Waals surface area (Å²) in [4.78, 5) is 12.6. The Morgan fingerprint density at radius 3 is 2.52 bits per heavy atom. The Balaban J connectivity index is 1.73. The van der Waals surface area contributed by atoms with Crippen LogP contribution < -0.4 is 0 Å². The van der Waals surface area contributed by atoms with Crippen molar-refractivity contribution in [3.63, 3.8) is 0 Å². The van der Waals surface area contributed by atoms with Gasteiger partial charge < -0.3 is 4.74 Å². The van der Waals surface area contributed by atoms with Gasteiger partial charge in [0.15, 0.2) is 0 Å². The predicted octanol–water partition coefficient (Wildman–Crippen LogP) is 4.76. The van der Waals surface area contributed by atoms with Crippen LogP contribution >= 0.6 is 0 Å². The van der Waals surface area contributed by atoms with Crippen LogP contribution in [0.15, 0.2) is 0 Å². The van der Waals surface area contributed by atoms with Crippen LogP contribution in [0.2, 0.25) is 0 Å². The summed E-state index contributed by atoms with van der Waals surface area (Å²) >= 11 is 0. The third-order valence-corrected chi connectivity index (χ3v) is 6.84. The Hall–Kier alpha value is -0.370. The first-order valence-corrected chi connectivity index (χ1v) is 9.10. The van der Waals surface area contributed by atoms with Crippen molar-refractivity contribution in [2.45, 2.75) is 84.2 Å². The van der Waals surface area contributed by atoms with Gasteiger partial charge in [-0.25, -0.2) is 0 Å². The van der Waals surface area contributed by atoms with E-state index in [1.807, 2.05) is 0 Å². The fourth-order valence-electron chi connectivity index (χ4n) is 5.30. The predicted molar refractivity (Wildman–Crippen MR) is 85.2 cm³/mol. The zero-order valence-corrected chi connectivity index (χ0v) is 14.1. The minimum Gasteiger partial charge on any atom is -0.375 e. The molecule has 0 aromatic heterocycles. The van der Waals surface area contributed by atoms with Crippen LogP contribution in [0.4, 0.5) is 0 Å². The summed E-state index contributed by atoms with van der Waals surface area (Å²) in [5.74, 6) is 2.08. The molecule has 0 aromatic carbocycles. The lowest BCUT2D eigenvalue weighted by atomic mass is 9.59. The van der Waals surface area contributed by atoms with E-state index in [4.69, 9.17) is 4.74 Å². The maximum atomic E-state index is 12.6. The third kappa shape index (κ3) is 2.93. The van der Waals surface area contributed by atoms with Gasteiger partial charge in [0.2, 0.25) is 0 Å². The molecule has 3 atom stereocenters. The molecule has 0 bridgehead atoms. The highest BCUT2D eigenvalue weighted by atomic mass is 16.5. The van der Waals surface area contributed by atoms with Crippen LogP contribution in [0, 0.1) is 23.2 Å². The van der Waals surface area contributed by atoms with E-state index < -0.39 is 0 Å². The molecule has 0 radical (unpaired) electrons. The van der Waals surface area contributed by atoms with Gasteiger partial charge in [-0.1, -0.05) is 33.6 Å². The SMILES string of the molecule is CC1CCC(C(C)(C)C2CCOC3(CCCC3)C2)C(=O)C1. The van der Waals surface area contributed by atoms with Crippen molar-refractivity contribution in [2.24, 2.45) is 23.2 Å². The summed E-state index contributed by atoms with van der Waals surface area (Å²) in [6.07, 6.45) is 10.6. The van der Waals surface area contributed by atoms with Crippen molar-refractivity contribution in [1.29, 1.82) is 0 Å². The molecule has 1 spiro atoms. The molecule has 3 unspecified atom stereocenters. The van der Waals surface area contributed by atoms with Crippen molar-refractivity contribution in [3.05, 3.63) is 0 Å². The lowest BCUT2D eigenvalue weighted by Gasteiger charge is -2.48. The second-order valence-electron chi connectivity index (χ2n) is 8.66. The zero-order valence-electron chi connectivity index (χ0n) is 14.1. The van der Waals surface area contributed by atoms with Crippen molar-refractivity contribution in [1.82, 2.24) is 0 Å². The van der Waals surface area contributed by atoms with Gasteiger partial charge >= 0.3 is 0 Å². The number of carbonyl (C=O) groups excluding carboxylic acids is 1. The summed E-state index contributed by atoms with van der Waals surface area (Å²) < 4.78 is 6.20. The van der Waals surface area contributed by atoms with Gasteiger partial charge in [-0.2, -0.15) is 0 Å². The van der Waals surface area contributed by atoms with E-state index in [1.165, 1.54) is 38.5 Å². The summed E-state index contributed by atoms with van der Waals surface area (Å²) in [6.45, 7) is 7.86. The van der Waals surface area contributed by atoms with Gasteiger partial charge in [-0.3, -0.25) is 4.79 Å². The molecular weight excluding hydrogens is 260 g/mol. The van der Waals surface area contributed by atoms with Gasteiger partial charge in [0.25, 0.3) is 0 Å². The Morgan fingerprint density at radius 2 is 1.86 bits per heavy atom. The van der Waals surface area contributed by atoms with Gasteiger partial charge in [0, 0.05) is 18.9 Å². The zero-order chi connectivity index (χ0) is 15.1. The van der Waals surface area contributed by atoms with Crippen molar-refractivity contribution < 1.29 is 9.53 Å². The smallest absolute Gasteiger partial charge is 0.136 e. The molecule has 2 saturated carbocycles. The van der Waals surface area contributed by atoms with Gasteiger partial charge in [-0.05, 0) is 55.8 Å². The van der Waals surface area contributed by atoms with E-state index >= 15 is 0 Å². The minimum absolute atomic E-state index is 0.149. The number of ketones is 1. The number of hydrogen-bond donors (Lipinski definition) is 0. The average Bonchev–Trinajstić information content (AvgIpc) is 2.86. The maximum Gasteiger partial charge on any atom is 0.136 e. The first-order valence-electron chi connectivity index (χ1n) is 9.10. The molecule has 0 amide bonds. The number of carbonyl (C=O) groups is 1. The van der Waals surface area contributed by atoms with Gasteiger partial charge in [-0.15, -0.1) is 0 Å². The van der Waals surface area contributed by atoms with E-state index in [2.05, 4.69) is 20.8 Å². The van der Waals surface area contributed by atoms with Crippen molar-refractivity contribution in [3.8, 4) is 0 Å². The van der Waals surface area contributed by atoms with Gasteiger partial charge in [0.1, 0.15) is 5.78 Å². The average molecular weight is 292 g/mol. The van der Waals surface area contributed by atoms with E-state index in [-0.39, 0.29) is 16.9 Å². The topological polar surface area (TPSA) is 26.3 Å².